The minimum atomic E-state index is -2.11. The fraction of sp³-hybridized carbons (Fsp3) is 0.381. The zero-order chi connectivity index (χ0) is 19.2. The number of carboxylic acid groups (broad SMARTS) is 1. The van der Waals surface area contributed by atoms with Crippen molar-refractivity contribution in [2.75, 3.05) is 26.7 Å². The molecule has 0 bridgehead atoms. The number of aliphatic hydroxyl groups is 2. The van der Waals surface area contributed by atoms with Gasteiger partial charge in [-0.2, -0.15) is 0 Å². The second kappa shape index (κ2) is 9.99. The van der Waals surface area contributed by atoms with Crippen LogP contribution in [0.2, 0.25) is 0 Å². The molecule has 0 saturated carbocycles. The van der Waals surface area contributed by atoms with Crippen molar-refractivity contribution in [3.05, 3.63) is 71.8 Å². The third kappa shape index (κ3) is 5.62. The van der Waals surface area contributed by atoms with E-state index in [0.29, 0.717) is 0 Å². The second-order valence-electron chi connectivity index (χ2n) is 7.01. The molecule has 0 amide bonds. The van der Waals surface area contributed by atoms with Gasteiger partial charge >= 0.3 is 0 Å². The second-order valence-corrected chi connectivity index (χ2v) is 7.01. The molecule has 1 aliphatic rings. The molecular weight excluding hydrogens is 410 g/mol. The van der Waals surface area contributed by atoms with Crippen LogP contribution in [0.4, 0.5) is 0 Å². The number of halogens is 1. The Morgan fingerprint density at radius 2 is 1.56 bits per heavy atom. The SMILES string of the molecule is Br.CC[N+]1(C)CCC(O)C1.O=C([O-])C(O)(c1ccccc1)c1ccccc1. The van der Waals surface area contributed by atoms with Crippen molar-refractivity contribution < 1.29 is 24.6 Å². The van der Waals surface area contributed by atoms with E-state index in [1.165, 1.54) is 0 Å². The molecular formula is C21H28BrNO4. The molecule has 1 aliphatic heterocycles. The molecule has 2 atom stereocenters. The first-order valence-corrected chi connectivity index (χ1v) is 8.88. The molecule has 1 fully saturated rings. The van der Waals surface area contributed by atoms with E-state index in [9.17, 15) is 20.1 Å². The summed E-state index contributed by atoms with van der Waals surface area (Å²) < 4.78 is 1.06. The predicted octanol–water partition coefficient (Wildman–Crippen LogP) is 1.47. The zero-order valence-electron chi connectivity index (χ0n) is 15.7. The van der Waals surface area contributed by atoms with Crippen molar-refractivity contribution >= 4 is 23.0 Å². The van der Waals surface area contributed by atoms with Gasteiger partial charge in [-0.1, -0.05) is 60.7 Å². The average molecular weight is 438 g/mol. The van der Waals surface area contributed by atoms with Gasteiger partial charge in [0.05, 0.1) is 26.1 Å². The van der Waals surface area contributed by atoms with Gasteiger partial charge in [0.1, 0.15) is 12.6 Å². The van der Waals surface area contributed by atoms with Crippen LogP contribution >= 0.6 is 17.0 Å². The predicted molar refractivity (Wildman–Crippen MR) is 108 cm³/mol. The summed E-state index contributed by atoms with van der Waals surface area (Å²) in [4.78, 5) is 11.3. The van der Waals surface area contributed by atoms with E-state index >= 15 is 0 Å². The molecule has 6 heteroatoms. The third-order valence-electron chi connectivity index (χ3n) is 5.10. The van der Waals surface area contributed by atoms with E-state index in [1.807, 2.05) is 0 Å². The molecule has 0 spiro atoms. The van der Waals surface area contributed by atoms with Gasteiger partial charge in [-0.25, -0.2) is 0 Å². The number of benzene rings is 2. The van der Waals surface area contributed by atoms with Gasteiger partial charge in [0.2, 0.25) is 0 Å². The van der Waals surface area contributed by atoms with Gasteiger partial charge in [-0.3, -0.25) is 0 Å². The summed E-state index contributed by atoms with van der Waals surface area (Å²) in [6, 6.07) is 16.4. The Morgan fingerprint density at radius 3 is 1.81 bits per heavy atom. The Kier molecular flexibility index (Phi) is 8.62. The maximum absolute atomic E-state index is 11.3. The van der Waals surface area contributed by atoms with Gasteiger partial charge in [-0.15, -0.1) is 17.0 Å². The molecule has 0 aromatic heterocycles. The zero-order valence-corrected chi connectivity index (χ0v) is 17.5. The standard InChI is InChI=1S/C14H12O3.C7H16NO.BrH/c15-13(16)14(17,11-7-3-1-4-8-11)12-9-5-2-6-10-12;1-3-8(2)5-4-7(9)6-8;/h1-10,17H,(H,15,16);7,9H,3-6H2,1-2H3;1H/q;+1;/p-1. The van der Waals surface area contributed by atoms with Crippen molar-refractivity contribution in [2.24, 2.45) is 0 Å². The Balaban J connectivity index is 0.000000310. The van der Waals surface area contributed by atoms with E-state index in [4.69, 9.17) is 0 Å². The molecule has 2 aromatic rings. The van der Waals surface area contributed by atoms with Crippen LogP contribution in [0.5, 0.6) is 0 Å². The Morgan fingerprint density at radius 1 is 1.11 bits per heavy atom. The monoisotopic (exact) mass is 437 g/mol. The van der Waals surface area contributed by atoms with E-state index < -0.39 is 11.6 Å². The number of rotatable bonds is 4. The van der Waals surface area contributed by atoms with Crippen molar-refractivity contribution in [1.82, 2.24) is 0 Å². The Bertz CT molecular complexity index is 671. The van der Waals surface area contributed by atoms with Gasteiger partial charge in [0, 0.05) is 6.42 Å². The molecule has 2 N–H and O–H groups in total. The average Bonchev–Trinajstić information content (AvgIpc) is 3.02. The first kappa shape index (κ1) is 23.3. The van der Waals surface area contributed by atoms with Gasteiger partial charge in [0.15, 0.2) is 5.60 Å². The third-order valence-corrected chi connectivity index (χ3v) is 5.10. The molecule has 148 valence electrons. The number of carbonyl (C=O) groups is 1. The molecule has 2 aromatic carbocycles. The molecule has 3 rings (SSSR count). The Labute approximate surface area is 171 Å². The highest BCUT2D eigenvalue weighted by Gasteiger charge is 2.33. The lowest BCUT2D eigenvalue weighted by atomic mass is 9.86. The summed E-state index contributed by atoms with van der Waals surface area (Å²) in [6.45, 7) is 5.43. The summed E-state index contributed by atoms with van der Waals surface area (Å²) in [6.07, 6.45) is 0.958. The van der Waals surface area contributed by atoms with Crippen LogP contribution < -0.4 is 5.11 Å². The largest absolute Gasteiger partial charge is 0.546 e. The fourth-order valence-electron chi connectivity index (χ4n) is 3.20. The number of nitrogens with zero attached hydrogens (tertiary/aromatic N) is 1. The summed E-state index contributed by atoms with van der Waals surface area (Å²) >= 11 is 0. The Hall–Kier alpha value is -1.73. The maximum atomic E-state index is 11.3. The number of likely N-dealkylation sites (N-methyl/N-ethyl adjacent to an activating group) is 1. The molecule has 2 unspecified atom stereocenters. The van der Waals surface area contributed by atoms with Crippen molar-refractivity contribution in [3.8, 4) is 0 Å². The fourth-order valence-corrected chi connectivity index (χ4v) is 3.20. The summed E-state index contributed by atoms with van der Waals surface area (Å²) in [5.74, 6) is -1.53. The topological polar surface area (TPSA) is 80.6 Å². The number of likely N-dealkylation sites (tertiary alicyclic amines) is 1. The number of carboxylic acids is 1. The minimum absolute atomic E-state index is 0. The normalized spacial score (nSPS) is 21.6. The highest BCUT2D eigenvalue weighted by Crippen LogP contribution is 2.28. The number of aliphatic carboxylic acids is 1. The maximum Gasteiger partial charge on any atom is 0.154 e. The summed E-state index contributed by atoms with van der Waals surface area (Å²) in [5, 5.41) is 30.8. The van der Waals surface area contributed by atoms with Crippen molar-refractivity contribution in [3.63, 3.8) is 0 Å². The van der Waals surface area contributed by atoms with Crippen LogP contribution in [0, 0.1) is 0 Å². The van der Waals surface area contributed by atoms with E-state index in [2.05, 4.69) is 14.0 Å². The highest BCUT2D eigenvalue weighted by atomic mass is 79.9. The van der Waals surface area contributed by atoms with E-state index in [1.54, 1.807) is 60.7 Å². The molecule has 0 radical (unpaired) electrons. The van der Waals surface area contributed by atoms with E-state index in [-0.39, 0.29) is 34.2 Å². The molecule has 5 nitrogen and oxygen atoms in total. The first-order chi connectivity index (χ1) is 12.3. The molecule has 1 heterocycles. The summed E-state index contributed by atoms with van der Waals surface area (Å²) in [5.41, 5.74) is -1.54. The lowest BCUT2D eigenvalue weighted by Crippen LogP contribution is -2.46. The van der Waals surface area contributed by atoms with Crippen LogP contribution in [-0.4, -0.2) is 53.5 Å². The van der Waals surface area contributed by atoms with Crippen LogP contribution in [-0.2, 0) is 10.4 Å². The smallest absolute Gasteiger partial charge is 0.154 e. The van der Waals surface area contributed by atoms with Crippen molar-refractivity contribution in [1.29, 1.82) is 0 Å². The lowest BCUT2D eigenvalue weighted by molar-refractivity contribution is -0.897. The number of aliphatic hydroxyl groups excluding tert-OH is 1. The molecule has 0 aliphatic carbocycles. The van der Waals surface area contributed by atoms with Gasteiger partial charge in [-0.05, 0) is 18.1 Å². The number of hydrogen-bond acceptors (Lipinski definition) is 4. The first-order valence-electron chi connectivity index (χ1n) is 8.88. The minimum Gasteiger partial charge on any atom is -0.546 e. The molecule has 27 heavy (non-hydrogen) atoms. The van der Waals surface area contributed by atoms with Crippen LogP contribution in [0.1, 0.15) is 24.5 Å². The molecule has 1 saturated heterocycles. The van der Waals surface area contributed by atoms with Crippen LogP contribution in [0.15, 0.2) is 60.7 Å². The van der Waals surface area contributed by atoms with Crippen molar-refractivity contribution in [2.45, 2.75) is 25.0 Å². The quantitative estimate of drug-likeness (QED) is 0.709. The van der Waals surface area contributed by atoms with Gasteiger partial charge < -0.3 is 24.6 Å². The van der Waals surface area contributed by atoms with Crippen LogP contribution in [0.25, 0.3) is 0 Å². The van der Waals surface area contributed by atoms with Gasteiger partial charge in [0.25, 0.3) is 0 Å². The van der Waals surface area contributed by atoms with Crippen LogP contribution in [0.3, 0.4) is 0 Å². The lowest BCUT2D eigenvalue weighted by Gasteiger charge is -2.30. The van der Waals surface area contributed by atoms with E-state index in [0.717, 1.165) is 30.5 Å². The number of quaternary nitrogens is 1. The number of carbonyl (C=O) groups excluding carboxylic acids is 1. The number of hydrogen-bond donors (Lipinski definition) is 2. The summed E-state index contributed by atoms with van der Waals surface area (Å²) in [7, 11) is 2.20. The highest BCUT2D eigenvalue weighted by molar-refractivity contribution is 8.93.